The standard InChI is InChI=1S/C14H19ClN2O2.ClH/c1-19-13-5-4-12(15)7-11(13)9-17-14(18)10-3-2-6-16-8-10;/h4-5,7,10,16H,2-3,6,8-9H2,1H3,(H,17,18);1H. The number of rotatable bonds is 4. The van der Waals surface area contributed by atoms with Crippen molar-refractivity contribution in [1.29, 1.82) is 0 Å². The molecule has 1 aromatic carbocycles. The van der Waals surface area contributed by atoms with E-state index in [0.717, 1.165) is 37.2 Å². The van der Waals surface area contributed by atoms with E-state index in [1.54, 1.807) is 13.2 Å². The molecule has 20 heavy (non-hydrogen) atoms. The molecule has 1 unspecified atom stereocenters. The van der Waals surface area contributed by atoms with Crippen LogP contribution in [0.5, 0.6) is 5.75 Å². The fourth-order valence-corrected chi connectivity index (χ4v) is 2.48. The van der Waals surface area contributed by atoms with Gasteiger partial charge in [0.2, 0.25) is 5.91 Å². The van der Waals surface area contributed by atoms with Crippen LogP contribution in [0.4, 0.5) is 0 Å². The summed E-state index contributed by atoms with van der Waals surface area (Å²) in [4.78, 5) is 12.0. The summed E-state index contributed by atoms with van der Waals surface area (Å²) in [7, 11) is 1.61. The van der Waals surface area contributed by atoms with Crippen LogP contribution < -0.4 is 15.4 Å². The highest BCUT2D eigenvalue weighted by Crippen LogP contribution is 2.22. The lowest BCUT2D eigenvalue weighted by molar-refractivity contribution is -0.125. The molecule has 112 valence electrons. The molecule has 0 bridgehead atoms. The van der Waals surface area contributed by atoms with Gasteiger partial charge in [-0.3, -0.25) is 4.79 Å². The van der Waals surface area contributed by atoms with E-state index < -0.39 is 0 Å². The van der Waals surface area contributed by atoms with Crippen molar-refractivity contribution in [3.8, 4) is 5.75 Å². The molecule has 1 fully saturated rings. The van der Waals surface area contributed by atoms with Crippen LogP contribution in [-0.4, -0.2) is 26.1 Å². The summed E-state index contributed by atoms with van der Waals surface area (Å²) < 4.78 is 5.26. The number of piperidine rings is 1. The van der Waals surface area contributed by atoms with Crippen molar-refractivity contribution in [2.75, 3.05) is 20.2 Å². The van der Waals surface area contributed by atoms with Gasteiger partial charge in [-0.2, -0.15) is 0 Å². The maximum Gasteiger partial charge on any atom is 0.224 e. The van der Waals surface area contributed by atoms with Crippen LogP contribution in [0.1, 0.15) is 18.4 Å². The summed E-state index contributed by atoms with van der Waals surface area (Å²) in [6.45, 7) is 2.21. The number of ether oxygens (including phenoxy) is 1. The van der Waals surface area contributed by atoms with Gasteiger partial charge in [0.05, 0.1) is 13.0 Å². The number of amides is 1. The first-order valence-electron chi connectivity index (χ1n) is 6.51. The molecule has 2 N–H and O–H groups in total. The van der Waals surface area contributed by atoms with Crippen LogP contribution in [0.25, 0.3) is 0 Å². The Morgan fingerprint density at radius 1 is 1.55 bits per heavy atom. The van der Waals surface area contributed by atoms with E-state index in [9.17, 15) is 4.79 Å². The molecule has 0 aromatic heterocycles. The zero-order valence-corrected chi connectivity index (χ0v) is 13.0. The Morgan fingerprint density at radius 2 is 2.35 bits per heavy atom. The van der Waals surface area contributed by atoms with Crippen molar-refractivity contribution in [3.63, 3.8) is 0 Å². The number of carbonyl (C=O) groups excluding carboxylic acids is 1. The van der Waals surface area contributed by atoms with E-state index in [1.807, 2.05) is 12.1 Å². The zero-order chi connectivity index (χ0) is 13.7. The van der Waals surface area contributed by atoms with Gasteiger partial charge >= 0.3 is 0 Å². The Kier molecular flexibility index (Phi) is 7.13. The number of hydrogen-bond acceptors (Lipinski definition) is 3. The molecule has 1 aliphatic rings. The molecule has 0 aliphatic carbocycles. The fourth-order valence-electron chi connectivity index (χ4n) is 2.29. The molecule has 1 aromatic rings. The van der Waals surface area contributed by atoms with E-state index >= 15 is 0 Å². The number of halogens is 2. The fraction of sp³-hybridized carbons (Fsp3) is 0.500. The van der Waals surface area contributed by atoms with Gasteiger partial charge < -0.3 is 15.4 Å². The third-order valence-electron chi connectivity index (χ3n) is 3.36. The van der Waals surface area contributed by atoms with Crippen LogP contribution in [-0.2, 0) is 11.3 Å². The summed E-state index contributed by atoms with van der Waals surface area (Å²) in [5, 5.41) is 6.83. The zero-order valence-electron chi connectivity index (χ0n) is 11.4. The lowest BCUT2D eigenvalue weighted by Gasteiger charge is -2.22. The van der Waals surface area contributed by atoms with Gasteiger partial charge in [-0.1, -0.05) is 11.6 Å². The summed E-state index contributed by atoms with van der Waals surface area (Å²) in [6, 6.07) is 5.41. The first-order chi connectivity index (χ1) is 9.20. The average Bonchev–Trinajstić information content (AvgIpc) is 2.46. The summed E-state index contributed by atoms with van der Waals surface area (Å²) in [5.74, 6) is 0.902. The van der Waals surface area contributed by atoms with E-state index in [-0.39, 0.29) is 24.2 Å². The Bertz CT molecular complexity index is 449. The van der Waals surface area contributed by atoms with Crippen LogP contribution in [0.3, 0.4) is 0 Å². The van der Waals surface area contributed by atoms with Crippen molar-refractivity contribution in [2.45, 2.75) is 19.4 Å². The van der Waals surface area contributed by atoms with Gasteiger partial charge in [-0.05, 0) is 37.6 Å². The van der Waals surface area contributed by atoms with Gasteiger partial charge in [-0.15, -0.1) is 12.4 Å². The van der Waals surface area contributed by atoms with Crippen LogP contribution >= 0.6 is 24.0 Å². The number of carbonyl (C=O) groups is 1. The van der Waals surface area contributed by atoms with Crippen LogP contribution in [0, 0.1) is 5.92 Å². The van der Waals surface area contributed by atoms with E-state index in [2.05, 4.69) is 10.6 Å². The minimum atomic E-state index is 0. The molecule has 4 nitrogen and oxygen atoms in total. The third kappa shape index (κ3) is 4.54. The first kappa shape index (κ1) is 17.1. The summed E-state index contributed by atoms with van der Waals surface area (Å²) in [6.07, 6.45) is 2.00. The second-order valence-electron chi connectivity index (χ2n) is 4.72. The topological polar surface area (TPSA) is 50.4 Å². The largest absolute Gasteiger partial charge is 0.496 e. The summed E-state index contributed by atoms with van der Waals surface area (Å²) in [5.41, 5.74) is 0.895. The molecule has 1 saturated heterocycles. The minimum absolute atomic E-state index is 0. The number of methoxy groups -OCH3 is 1. The first-order valence-corrected chi connectivity index (χ1v) is 6.89. The predicted molar refractivity (Wildman–Crippen MR) is 82.7 cm³/mol. The van der Waals surface area contributed by atoms with Crippen molar-refractivity contribution < 1.29 is 9.53 Å². The maximum atomic E-state index is 12.0. The van der Waals surface area contributed by atoms with Crippen molar-refractivity contribution >= 4 is 29.9 Å². The predicted octanol–water partition coefficient (Wildman–Crippen LogP) is 2.39. The molecular weight excluding hydrogens is 299 g/mol. The minimum Gasteiger partial charge on any atom is -0.496 e. The van der Waals surface area contributed by atoms with Crippen molar-refractivity contribution in [2.24, 2.45) is 5.92 Å². The van der Waals surface area contributed by atoms with E-state index in [4.69, 9.17) is 16.3 Å². The average molecular weight is 319 g/mol. The second kappa shape index (κ2) is 8.35. The molecule has 0 saturated carbocycles. The Balaban J connectivity index is 0.00000200. The van der Waals surface area contributed by atoms with Crippen molar-refractivity contribution in [3.05, 3.63) is 28.8 Å². The molecule has 0 radical (unpaired) electrons. The number of benzene rings is 1. The monoisotopic (exact) mass is 318 g/mol. The van der Waals surface area contributed by atoms with Crippen molar-refractivity contribution in [1.82, 2.24) is 10.6 Å². The molecular formula is C14H20Cl2N2O2. The van der Waals surface area contributed by atoms with E-state index in [1.165, 1.54) is 0 Å². The Hall–Kier alpha value is -0.970. The number of hydrogen-bond donors (Lipinski definition) is 2. The highest BCUT2D eigenvalue weighted by atomic mass is 35.5. The van der Waals surface area contributed by atoms with Gasteiger partial charge in [0, 0.05) is 23.7 Å². The SMILES string of the molecule is COc1ccc(Cl)cc1CNC(=O)C1CCCNC1.Cl. The van der Waals surface area contributed by atoms with Gasteiger partial charge in [-0.25, -0.2) is 0 Å². The third-order valence-corrected chi connectivity index (χ3v) is 3.60. The van der Waals surface area contributed by atoms with Gasteiger partial charge in [0.25, 0.3) is 0 Å². The maximum absolute atomic E-state index is 12.0. The molecule has 1 aliphatic heterocycles. The molecule has 1 amide bonds. The van der Waals surface area contributed by atoms with Gasteiger partial charge in [0.15, 0.2) is 0 Å². The Morgan fingerprint density at radius 3 is 3.00 bits per heavy atom. The van der Waals surface area contributed by atoms with Crippen LogP contribution in [0.2, 0.25) is 5.02 Å². The lowest BCUT2D eigenvalue weighted by Crippen LogP contribution is -2.40. The molecule has 0 spiro atoms. The molecule has 1 heterocycles. The lowest BCUT2D eigenvalue weighted by atomic mass is 9.99. The second-order valence-corrected chi connectivity index (χ2v) is 5.15. The highest BCUT2D eigenvalue weighted by molar-refractivity contribution is 6.30. The van der Waals surface area contributed by atoms with E-state index in [0.29, 0.717) is 11.6 Å². The normalized spacial score (nSPS) is 18.0. The molecule has 2 rings (SSSR count). The quantitative estimate of drug-likeness (QED) is 0.896. The molecule has 6 heteroatoms. The smallest absolute Gasteiger partial charge is 0.224 e. The summed E-state index contributed by atoms with van der Waals surface area (Å²) >= 11 is 5.96. The highest BCUT2D eigenvalue weighted by Gasteiger charge is 2.20. The molecule has 1 atom stereocenters. The van der Waals surface area contributed by atoms with Crippen LogP contribution in [0.15, 0.2) is 18.2 Å². The Labute approximate surface area is 130 Å². The number of nitrogens with one attached hydrogen (secondary N) is 2. The van der Waals surface area contributed by atoms with Gasteiger partial charge in [0.1, 0.15) is 5.75 Å².